The van der Waals surface area contributed by atoms with Crippen LogP contribution < -0.4 is 5.32 Å². The third kappa shape index (κ3) is 2.49. The number of nitrogens with one attached hydrogen (secondary N) is 1. The van der Waals surface area contributed by atoms with Crippen molar-refractivity contribution in [3.63, 3.8) is 0 Å². The molecule has 1 aliphatic carbocycles. The highest BCUT2D eigenvalue weighted by molar-refractivity contribution is 5.27. The summed E-state index contributed by atoms with van der Waals surface area (Å²) < 4.78 is 26.2. The molecule has 0 aromatic heterocycles. The van der Waals surface area contributed by atoms with Gasteiger partial charge >= 0.3 is 0 Å². The summed E-state index contributed by atoms with van der Waals surface area (Å²) in [5.41, 5.74) is 0.887. The SMILES string of the molecule is CCNC1CCC(C)(c2ccc(F)c(F)c2)C1. The molecule has 0 spiro atoms. The van der Waals surface area contributed by atoms with Crippen molar-refractivity contribution < 1.29 is 8.78 Å². The molecule has 1 aromatic rings. The molecule has 17 heavy (non-hydrogen) atoms. The van der Waals surface area contributed by atoms with Crippen molar-refractivity contribution in [2.75, 3.05) is 6.54 Å². The lowest BCUT2D eigenvalue weighted by Crippen LogP contribution is -2.28. The van der Waals surface area contributed by atoms with Gasteiger partial charge in [-0.25, -0.2) is 8.78 Å². The maximum absolute atomic E-state index is 13.3. The van der Waals surface area contributed by atoms with Crippen molar-refractivity contribution in [3.8, 4) is 0 Å². The molecule has 1 saturated carbocycles. The molecular weight excluding hydrogens is 220 g/mol. The summed E-state index contributed by atoms with van der Waals surface area (Å²) in [6.07, 6.45) is 3.12. The zero-order valence-electron chi connectivity index (χ0n) is 10.4. The van der Waals surface area contributed by atoms with Gasteiger partial charge in [0.05, 0.1) is 0 Å². The summed E-state index contributed by atoms with van der Waals surface area (Å²) in [4.78, 5) is 0. The molecular formula is C14H19F2N. The standard InChI is InChI=1S/C14H19F2N/c1-3-17-11-6-7-14(2,9-11)10-4-5-12(15)13(16)8-10/h4-5,8,11,17H,3,6-7,9H2,1-2H3. The molecule has 0 aliphatic heterocycles. The third-order valence-corrected chi connectivity index (χ3v) is 3.85. The number of benzene rings is 1. The predicted molar refractivity (Wildman–Crippen MR) is 65.0 cm³/mol. The molecule has 0 heterocycles. The Balaban J connectivity index is 2.18. The van der Waals surface area contributed by atoms with Crippen LogP contribution in [0.1, 0.15) is 38.7 Å². The summed E-state index contributed by atoms with van der Waals surface area (Å²) in [5, 5.41) is 3.43. The van der Waals surface area contributed by atoms with E-state index in [4.69, 9.17) is 0 Å². The fourth-order valence-corrected chi connectivity index (χ4v) is 2.84. The molecule has 3 heteroatoms. The molecule has 0 amide bonds. The fourth-order valence-electron chi connectivity index (χ4n) is 2.84. The second kappa shape index (κ2) is 4.73. The highest BCUT2D eigenvalue weighted by Crippen LogP contribution is 2.41. The van der Waals surface area contributed by atoms with Crippen LogP contribution >= 0.6 is 0 Å². The van der Waals surface area contributed by atoms with Gasteiger partial charge in [0, 0.05) is 6.04 Å². The molecule has 0 bridgehead atoms. The van der Waals surface area contributed by atoms with E-state index in [2.05, 4.69) is 19.2 Å². The van der Waals surface area contributed by atoms with E-state index in [0.717, 1.165) is 31.4 Å². The van der Waals surface area contributed by atoms with Crippen LogP contribution in [0.4, 0.5) is 8.78 Å². The van der Waals surface area contributed by atoms with Crippen LogP contribution in [-0.4, -0.2) is 12.6 Å². The minimum atomic E-state index is -0.765. The van der Waals surface area contributed by atoms with Gasteiger partial charge in [0.15, 0.2) is 11.6 Å². The van der Waals surface area contributed by atoms with Crippen LogP contribution in [0.2, 0.25) is 0 Å². The van der Waals surface area contributed by atoms with Crippen molar-refractivity contribution in [2.24, 2.45) is 0 Å². The van der Waals surface area contributed by atoms with Gasteiger partial charge in [-0.05, 0) is 48.9 Å². The van der Waals surface area contributed by atoms with E-state index in [9.17, 15) is 8.78 Å². The number of hydrogen-bond donors (Lipinski definition) is 1. The lowest BCUT2D eigenvalue weighted by molar-refractivity contribution is 0.448. The predicted octanol–water partition coefficient (Wildman–Crippen LogP) is 3.38. The highest BCUT2D eigenvalue weighted by atomic mass is 19.2. The quantitative estimate of drug-likeness (QED) is 0.852. The van der Waals surface area contributed by atoms with Gasteiger partial charge in [-0.2, -0.15) is 0 Å². The highest BCUT2D eigenvalue weighted by Gasteiger charge is 2.36. The van der Waals surface area contributed by atoms with Crippen molar-refractivity contribution in [2.45, 2.75) is 44.6 Å². The van der Waals surface area contributed by atoms with Gasteiger partial charge in [0.25, 0.3) is 0 Å². The van der Waals surface area contributed by atoms with Crippen LogP contribution in [0.3, 0.4) is 0 Å². The van der Waals surface area contributed by atoms with Gasteiger partial charge in [-0.15, -0.1) is 0 Å². The first-order chi connectivity index (χ1) is 8.05. The molecule has 1 N–H and O–H groups in total. The normalized spacial score (nSPS) is 28.6. The summed E-state index contributed by atoms with van der Waals surface area (Å²) in [6.45, 7) is 5.18. The maximum Gasteiger partial charge on any atom is 0.159 e. The maximum atomic E-state index is 13.3. The monoisotopic (exact) mass is 239 g/mol. The first kappa shape index (κ1) is 12.5. The Morgan fingerprint density at radius 1 is 1.35 bits per heavy atom. The van der Waals surface area contributed by atoms with E-state index < -0.39 is 11.6 Å². The number of halogens is 2. The second-order valence-corrected chi connectivity index (χ2v) is 5.19. The molecule has 1 fully saturated rings. The van der Waals surface area contributed by atoms with E-state index in [-0.39, 0.29) is 5.41 Å². The first-order valence-electron chi connectivity index (χ1n) is 6.24. The van der Waals surface area contributed by atoms with E-state index >= 15 is 0 Å². The number of rotatable bonds is 3. The summed E-state index contributed by atoms with van der Waals surface area (Å²) in [7, 11) is 0. The Kier molecular flexibility index (Phi) is 3.48. The third-order valence-electron chi connectivity index (χ3n) is 3.85. The topological polar surface area (TPSA) is 12.0 Å². The van der Waals surface area contributed by atoms with E-state index in [1.54, 1.807) is 6.07 Å². The van der Waals surface area contributed by atoms with Crippen LogP contribution in [0.5, 0.6) is 0 Å². The zero-order chi connectivity index (χ0) is 12.5. The lowest BCUT2D eigenvalue weighted by atomic mass is 9.81. The molecule has 94 valence electrons. The smallest absolute Gasteiger partial charge is 0.159 e. The molecule has 2 rings (SSSR count). The second-order valence-electron chi connectivity index (χ2n) is 5.19. The zero-order valence-corrected chi connectivity index (χ0v) is 10.4. The van der Waals surface area contributed by atoms with Crippen molar-refractivity contribution in [3.05, 3.63) is 35.4 Å². The van der Waals surface area contributed by atoms with Gasteiger partial charge in [0.2, 0.25) is 0 Å². The van der Waals surface area contributed by atoms with Crippen LogP contribution in [0.25, 0.3) is 0 Å². The van der Waals surface area contributed by atoms with Gasteiger partial charge in [-0.3, -0.25) is 0 Å². The Morgan fingerprint density at radius 2 is 2.12 bits per heavy atom. The summed E-state index contributed by atoms with van der Waals surface area (Å²) in [5.74, 6) is -1.51. The van der Waals surface area contributed by atoms with Crippen LogP contribution in [-0.2, 0) is 5.41 Å². The molecule has 2 unspecified atom stereocenters. The van der Waals surface area contributed by atoms with Gasteiger partial charge in [0.1, 0.15) is 0 Å². The molecule has 0 radical (unpaired) electrons. The van der Waals surface area contributed by atoms with Crippen LogP contribution in [0.15, 0.2) is 18.2 Å². The molecule has 1 aromatic carbocycles. The molecule has 1 nitrogen and oxygen atoms in total. The minimum Gasteiger partial charge on any atom is -0.314 e. The van der Waals surface area contributed by atoms with Crippen molar-refractivity contribution in [1.29, 1.82) is 0 Å². The van der Waals surface area contributed by atoms with E-state index in [0.29, 0.717) is 6.04 Å². The average molecular weight is 239 g/mol. The molecule has 1 aliphatic rings. The fraction of sp³-hybridized carbons (Fsp3) is 0.571. The first-order valence-corrected chi connectivity index (χ1v) is 6.24. The summed E-state index contributed by atoms with van der Waals surface area (Å²) in [6, 6.07) is 4.80. The van der Waals surface area contributed by atoms with E-state index in [1.807, 2.05) is 0 Å². The Hall–Kier alpha value is -0.960. The van der Waals surface area contributed by atoms with Crippen LogP contribution in [0, 0.1) is 11.6 Å². The summed E-state index contributed by atoms with van der Waals surface area (Å²) >= 11 is 0. The van der Waals surface area contributed by atoms with E-state index in [1.165, 1.54) is 12.1 Å². The van der Waals surface area contributed by atoms with Gasteiger partial charge in [-0.1, -0.05) is 19.9 Å². The van der Waals surface area contributed by atoms with Crippen molar-refractivity contribution in [1.82, 2.24) is 5.32 Å². The Bertz CT molecular complexity index is 405. The Morgan fingerprint density at radius 3 is 2.76 bits per heavy atom. The molecule has 2 atom stereocenters. The van der Waals surface area contributed by atoms with Gasteiger partial charge < -0.3 is 5.32 Å². The lowest BCUT2D eigenvalue weighted by Gasteiger charge is -2.25. The number of hydrogen-bond acceptors (Lipinski definition) is 1. The average Bonchev–Trinajstić information content (AvgIpc) is 2.66. The largest absolute Gasteiger partial charge is 0.314 e. The molecule has 0 saturated heterocycles. The minimum absolute atomic E-state index is 0.0264. The Labute approximate surface area is 101 Å². The van der Waals surface area contributed by atoms with Crippen molar-refractivity contribution >= 4 is 0 Å².